The average molecular weight is 151 g/mol. The van der Waals surface area contributed by atoms with Gasteiger partial charge in [0.25, 0.3) is 0 Å². The van der Waals surface area contributed by atoms with Gasteiger partial charge in [0.1, 0.15) is 5.69 Å². The van der Waals surface area contributed by atoms with Crippen LogP contribution in [0.15, 0.2) is 22.9 Å². The van der Waals surface area contributed by atoms with Gasteiger partial charge in [0.2, 0.25) is 0 Å². The molecule has 2 aromatic heterocycles. The number of rotatable bonds is 1. The summed E-state index contributed by atoms with van der Waals surface area (Å²) in [6.45, 7) is 0. The predicted molar refractivity (Wildman–Crippen MR) is 36.4 cm³/mol. The lowest BCUT2D eigenvalue weighted by Crippen LogP contribution is -1.69. The van der Waals surface area contributed by atoms with Crippen molar-refractivity contribution in [2.75, 3.05) is 0 Å². The Balaban J connectivity index is 2.48. The molecule has 0 fully saturated rings. The lowest BCUT2D eigenvalue weighted by Gasteiger charge is -1.79. The van der Waals surface area contributed by atoms with Crippen molar-refractivity contribution in [3.05, 3.63) is 23.8 Å². The Morgan fingerprint density at radius 2 is 2.60 bits per heavy atom. The summed E-state index contributed by atoms with van der Waals surface area (Å²) in [6.07, 6.45) is 1.51. The normalized spacial score (nSPS) is 10.0. The molecule has 0 aliphatic rings. The molecule has 1 radical (unpaired) electrons. The van der Waals surface area contributed by atoms with Crippen molar-refractivity contribution in [2.45, 2.75) is 0 Å². The molecule has 0 atom stereocenters. The van der Waals surface area contributed by atoms with Crippen LogP contribution in [0, 0.1) is 5.38 Å². The molecule has 0 amide bonds. The number of aromatic nitrogens is 2. The van der Waals surface area contributed by atoms with E-state index in [1.807, 2.05) is 12.1 Å². The largest absolute Gasteiger partial charge is 0.345 e. The van der Waals surface area contributed by atoms with Gasteiger partial charge in [0.05, 0.1) is 4.88 Å². The fraction of sp³-hybridized carbons (Fsp3) is 0. The van der Waals surface area contributed by atoms with Crippen LogP contribution in [0.4, 0.5) is 0 Å². The minimum absolute atomic E-state index is 0.770. The Morgan fingerprint density at radius 3 is 3.20 bits per heavy atom. The highest BCUT2D eigenvalue weighted by Gasteiger charge is 2.00. The van der Waals surface area contributed by atoms with E-state index in [4.69, 9.17) is 0 Å². The van der Waals surface area contributed by atoms with Gasteiger partial charge in [-0.3, -0.25) is 0 Å². The van der Waals surface area contributed by atoms with Crippen LogP contribution in [-0.4, -0.2) is 10.4 Å². The standard InChI is InChI=1S/C6H3N2OS/c1-2-6(10-3-1)5-4-9-8-7-5/h1-2,4H. The van der Waals surface area contributed by atoms with Crippen molar-refractivity contribution in [3.8, 4) is 10.6 Å². The second-order valence-corrected chi connectivity index (χ2v) is 2.59. The Morgan fingerprint density at radius 1 is 1.60 bits per heavy atom. The smallest absolute Gasteiger partial charge is 0.153 e. The van der Waals surface area contributed by atoms with Gasteiger partial charge >= 0.3 is 0 Å². The summed E-state index contributed by atoms with van der Waals surface area (Å²) in [5.74, 6) is 0. The van der Waals surface area contributed by atoms with Gasteiger partial charge in [0, 0.05) is 10.7 Å². The van der Waals surface area contributed by atoms with Crippen molar-refractivity contribution in [1.82, 2.24) is 10.4 Å². The summed E-state index contributed by atoms with van der Waals surface area (Å²) in [5, 5.41) is 10.0. The summed E-state index contributed by atoms with van der Waals surface area (Å²) < 4.78 is 4.57. The zero-order valence-corrected chi connectivity index (χ0v) is 5.76. The highest BCUT2D eigenvalue weighted by atomic mass is 32.1. The first-order chi connectivity index (χ1) is 4.97. The highest BCUT2D eigenvalue weighted by molar-refractivity contribution is 7.13. The van der Waals surface area contributed by atoms with Crippen molar-refractivity contribution in [2.24, 2.45) is 0 Å². The molecule has 2 heterocycles. The maximum Gasteiger partial charge on any atom is 0.153 e. The van der Waals surface area contributed by atoms with E-state index in [1.54, 1.807) is 0 Å². The molecule has 2 rings (SSSR count). The van der Waals surface area contributed by atoms with E-state index in [-0.39, 0.29) is 0 Å². The molecule has 0 saturated carbocycles. The number of thiophene rings is 1. The fourth-order valence-electron chi connectivity index (χ4n) is 0.651. The monoisotopic (exact) mass is 151 g/mol. The summed E-state index contributed by atoms with van der Waals surface area (Å²) in [4.78, 5) is 1.03. The van der Waals surface area contributed by atoms with Gasteiger partial charge in [0.15, 0.2) is 6.26 Å². The van der Waals surface area contributed by atoms with E-state index in [0.29, 0.717) is 0 Å². The van der Waals surface area contributed by atoms with Gasteiger partial charge in [-0.25, -0.2) is 0 Å². The molecule has 0 saturated heterocycles. The average Bonchev–Trinajstić information content (AvgIpc) is 2.59. The molecule has 0 bridgehead atoms. The Bertz CT molecular complexity index is 255. The summed E-state index contributed by atoms with van der Waals surface area (Å²) >= 11 is 1.49. The molecule has 0 aliphatic heterocycles. The van der Waals surface area contributed by atoms with Crippen LogP contribution in [-0.2, 0) is 0 Å². The highest BCUT2D eigenvalue weighted by Crippen LogP contribution is 2.20. The zero-order valence-electron chi connectivity index (χ0n) is 4.94. The number of nitrogens with zero attached hydrogens (tertiary/aromatic N) is 2. The summed E-state index contributed by atoms with van der Waals surface area (Å²) in [6, 6.07) is 3.76. The molecule has 3 nitrogen and oxygen atoms in total. The third-order valence-electron chi connectivity index (χ3n) is 1.08. The maximum atomic E-state index is 4.57. The van der Waals surface area contributed by atoms with Crippen LogP contribution in [0.25, 0.3) is 10.6 Å². The molecular formula is C6H3N2OS. The van der Waals surface area contributed by atoms with Crippen LogP contribution < -0.4 is 0 Å². The first kappa shape index (κ1) is 5.61. The molecule has 4 heteroatoms. The maximum absolute atomic E-state index is 4.57. The van der Waals surface area contributed by atoms with Gasteiger partial charge in [-0.2, -0.15) is 0 Å². The number of hydrogen-bond donors (Lipinski definition) is 0. The summed E-state index contributed by atoms with van der Waals surface area (Å²) in [7, 11) is 0. The quantitative estimate of drug-likeness (QED) is 0.621. The lowest BCUT2D eigenvalue weighted by molar-refractivity contribution is 0.393. The zero-order chi connectivity index (χ0) is 6.81. The molecule has 0 aliphatic carbocycles. The first-order valence-corrected chi connectivity index (χ1v) is 3.52. The minimum atomic E-state index is 0.770. The predicted octanol–water partition coefficient (Wildman–Crippen LogP) is 1.60. The van der Waals surface area contributed by atoms with Crippen LogP contribution >= 0.6 is 11.3 Å². The molecule has 0 N–H and O–H groups in total. The van der Waals surface area contributed by atoms with Crippen molar-refractivity contribution in [1.29, 1.82) is 0 Å². The van der Waals surface area contributed by atoms with E-state index in [9.17, 15) is 0 Å². The summed E-state index contributed by atoms with van der Waals surface area (Å²) in [5.41, 5.74) is 0.770. The van der Waals surface area contributed by atoms with E-state index < -0.39 is 0 Å². The molecule has 0 spiro atoms. The third kappa shape index (κ3) is 0.823. The van der Waals surface area contributed by atoms with E-state index >= 15 is 0 Å². The molecule has 0 aromatic carbocycles. The number of hydrogen-bond acceptors (Lipinski definition) is 4. The lowest BCUT2D eigenvalue weighted by atomic mass is 10.4. The second-order valence-electron chi connectivity index (χ2n) is 1.71. The van der Waals surface area contributed by atoms with Crippen molar-refractivity contribution in [3.63, 3.8) is 0 Å². The first-order valence-electron chi connectivity index (χ1n) is 2.70. The SMILES string of the molecule is [c]1ccc(-c2conn2)s1. The van der Waals surface area contributed by atoms with Crippen LogP contribution in [0.2, 0.25) is 0 Å². The van der Waals surface area contributed by atoms with E-state index in [1.165, 1.54) is 17.6 Å². The van der Waals surface area contributed by atoms with Crippen LogP contribution in [0.3, 0.4) is 0 Å². The van der Waals surface area contributed by atoms with Gasteiger partial charge in [-0.05, 0) is 12.1 Å². The molecule has 49 valence electrons. The van der Waals surface area contributed by atoms with E-state index in [0.717, 1.165) is 10.6 Å². The third-order valence-corrected chi connectivity index (χ3v) is 1.90. The van der Waals surface area contributed by atoms with Gasteiger partial charge in [-0.15, -0.1) is 16.4 Å². The fourth-order valence-corrected chi connectivity index (χ4v) is 1.24. The van der Waals surface area contributed by atoms with Crippen molar-refractivity contribution >= 4 is 11.3 Å². The Labute approximate surface area is 61.3 Å². The minimum Gasteiger partial charge on any atom is -0.345 e. The molecule has 2 aromatic rings. The second kappa shape index (κ2) is 2.22. The molecule has 0 unspecified atom stereocenters. The van der Waals surface area contributed by atoms with Gasteiger partial charge in [-0.1, -0.05) is 0 Å². The molecular weight excluding hydrogens is 148 g/mol. The van der Waals surface area contributed by atoms with Crippen LogP contribution in [0.1, 0.15) is 0 Å². The van der Waals surface area contributed by atoms with Crippen molar-refractivity contribution < 1.29 is 4.52 Å². The topological polar surface area (TPSA) is 38.9 Å². The molecule has 10 heavy (non-hydrogen) atoms. The van der Waals surface area contributed by atoms with E-state index in [2.05, 4.69) is 20.3 Å². The van der Waals surface area contributed by atoms with Gasteiger partial charge < -0.3 is 4.52 Å². The van der Waals surface area contributed by atoms with Crippen LogP contribution in [0.5, 0.6) is 0 Å². The Kier molecular flexibility index (Phi) is 1.25. The Hall–Kier alpha value is -1.16.